The van der Waals surface area contributed by atoms with Crippen molar-refractivity contribution in [3.05, 3.63) is 48.3 Å². The second kappa shape index (κ2) is 15.2. The second-order valence-corrected chi connectivity index (χ2v) is 2.71. The van der Waals surface area contributed by atoms with Crippen molar-refractivity contribution in [2.45, 2.75) is 41.5 Å². The lowest BCUT2D eigenvalue weighted by atomic mass is 10.4. The summed E-state index contributed by atoms with van der Waals surface area (Å²) < 4.78 is 0. The highest BCUT2D eigenvalue weighted by molar-refractivity contribution is 4.94. The predicted octanol–water partition coefficient (Wildman–Crippen LogP) is 3.62. The van der Waals surface area contributed by atoms with Gasteiger partial charge in [-0.2, -0.15) is 10.2 Å². The molecular formula is C14H24N4. The summed E-state index contributed by atoms with van der Waals surface area (Å²) in [7, 11) is 0. The zero-order valence-corrected chi connectivity index (χ0v) is 12.3. The van der Waals surface area contributed by atoms with Crippen LogP contribution < -0.4 is 0 Å². The molecule has 0 N–H and O–H groups in total. The number of aryl methyl sites for hydroxylation is 2. The monoisotopic (exact) mass is 248 g/mol. The Labute approximate surface area is 111 Å². The van der Waals surface area contributed by atoms with Gasteiger partial charge in [0.2, 0.25) is 0 Å². The Hall–Kier alpha value is -1.84. The minimum atomic E-state index is 0.961. The number of aromatic nitrogens is 4. The molecule has 18 heavy (non-hydrogen) atoms. The molecule has 0 atom stereocenters. The van der Waals surface area contributed by atoms with Gasteiger partial charge in [0.25, 0.3) is 0 Å². The van der Waals surface area contributed by atoms with E-state index >= 15 is 0 Å². The first-order chi connectivity index (χ1) is 8.79. The molecule has 2 aromatic heterocycles. The molecule has 0 radical (unpaired) electrons. The van der Waals surface area contributed by atoms with Crippen molar-refractivity contribution in [3.63, 3.8) is 0 Å². The average molecular weight is 248 g/mol. The van der Waals surface area contributed by atoms with Crippen LogP contribution in [0.3, 0.4) is 0 Å². The number of rotatable bonds is 0. The van der Waals surface area contributed by atoms with Crippen LogP contribution in [0.1, 0.15) is 39.1 Å². The van der Waals surface area contributed by atoms with E-state index in [1.807, 2.05) is 53.7 Å². The number of hydrogen-bond acceptors (Lipinski definition) is 4. The summed E-state index contributed by atoms with van der Waals surface area (Å²) in [6.07, 6.45) is 6.72. The smallest absolute Gasteiger partial charge is 0.0600 e. The molecule has 0 amide bonds. The van der Waals surface area contributed by atoms with E-state index in [0.29, 0.717) is 0 Å². The van der Waals surface area contributed by atoms with E-state index in [1.165, 1.54) is 0 Å². The molecule has 0 bridgehead atoms. The first-order valence-electron chi connectivity index (χ1n) is 6.26. The molecular weight excluding hydrogens is 224 g/mol. The van der Waals surface area contributed by atoms with E-state index in [9.17, 15) is 0 Å². The van der Waals surface area contributed by atoms with E-state index in [0.717, 1.165) is 11.4 Å². The van der Waals surface area contributed by atoms with Crippen LogP contribution in [0.2, 0.25) is 0 Å². The Morgan fingerprint density at radius 1 is 0.833 bits per heavy atom. The highest BCUT2D eigenvalue weighted by atomic mass is 15.1. The van der Waals surface area contributed by atoms with Crippen LogP contribution in [0.5, 0.6) is 0 Å². The molecule has 0 unspecified atom stereocenters. The third kappa shape index (κ3) is 12.2. The van der Waals surface area contributed by atoms with Crippen LogP contribution in [-0.4, -0.2) is 20.2 Å². The molecule has 4 nitrogen and oxygen atoms in total. The molecule has 2 aromatic rings. The summed E-state index contributed by atoms with van der Waals surface area (Å²) in [5, 5.41) is 7.36. The van der Waals surface area contributed by atoms with E-state index in [1.54, 1.807) is 24.8 Å². The van der Waals surface area contributed by atoms with Gasteiger partial charge in [-0.1, -0.05) is 27.7 Å². The van der Waals surface area contributed by atoms with Crippen LogP contribution in [0, 0.1) is 13.8 Å². The summed E-state index contributed by atoms with van der Waals surface area (Å²) >= 11 is 0. The van der Waals surface area contributed by atoms with E-state index < -0.39 is 0 Å². The van der Waals surface area contributed by atoms with Crippen molar-refractivity contribution in [2.24, 2.45) is 0 Å². The lowest BCUT2D eigenvalue weighted by Crippen LogP contribution is -1.79. The Balaban J connectivity index is 0. The molecule has 0 aliphatic rings. The fourth-order valence-electron chi connectivity index (χ4n) is 0.752. The minimum absolute atomic E-state index is 0.961. The van der Waals surface area contributed by atoms with Gasteiger partial charge in [-0.3, -0.25) is 9.97 Å². The molecule has 100 valence electrons. The van der Waals surface area contributed by atoms with Crippen LogP contribution in [0.4, 0.5) is 0 Å². The molecule has 2 heterocycles. The number of hydrogen-bond donors (Lipinski definition) is 0. The SMILES string of the molecule is CC.CC.Cc1cccnn1.Cc1cnccn1. The van der Waals surface area contributed by atoms with Crippen molar-refractivity contribution in [2.75, 3.05) is 0 Å². The van der Waals surface area contributed by atoms with E-state index in [4.69, 9.17) is 0 Å². The van der Waals surface area contributed by atoms with E-state index in [2.05, 4.69) is 20.2 Å². The Morgan fingerprint density at radius 3 is 1.72 bits per heavy atom. The van der Waals surface area contributed by atoms with Crippen LogP contribution in [0.25, 0.3) is 0 Å². The molecule has 0 aliphatic heterocycles. The quantitative estimate of drug-likeness (QED) is 0.714. The first-order valence-corrected chi connectivity index (χ1v) is 6.26. The van der Waals surface area contributed by atoms with Gasteiger partial charge in [0.1, 0.15) is 0 Å². The van der Waals surface area contributed by atoms with Gasteiger partial charge in [-0.25, -0.2) is 0 Å². The van der Waals surface area contributed by atoms with Gasteiger partial charge in [0, 0.05) is 24.8 Å². The highest BCUT2D eigenvalue weighted by Gasteiger charge is 1.75. The van der Waals surface area contributed by atoms with Gasteiger partial charge in [-0.15, -0.1) is 0 Å². The van der Waals surface area contributed by atoms with Crippen LogP contribution >= 0.6 is 0 Å². The Bertz CT molecular complexity index is 311. The molecule has 4 heteroatoms. The van der Waals surface area contributed by atoms with Crippen molar-refractivity contribution < 1.29 is 0 Å². The Kier molecular flexibility index (Phi) is 15.6. The zero-order valence-electron chi connectivity index (χ0n) is 12.3. The van der Waals surface area contributed by atoms with Gasteiger partial charge in [0.15, 0.2) is 0 Å². The summed E-state index contributed by atoms with van der Waals surface area (Å²) in [6, 6.07) is 3.77. The van der Waals surface area contributed by atoms with Crippen molar-refractivity contribution in [1.82, 2.24) is 20.2 Å². The highest BCUT2D eigenvalue weighted by Crippen LogP contribution is 1.82. The molecule has 0 aromatic carbocycles. The van der Waals surface area contributed by atoms with E-state index in [-0.39, 0.29) is 0 Å². The fraction of sp³-hybridized carbons (Fsp3) is 0.429. The molecule has 0 saturated carbocycles. The summed E-state index contributed by atoms with van der Waals surface area (Å²) in [5.74, 6) is 0. The Morgan fingerprint density at radius 2 is 1.50 bits per heavy atom. The zero-order chi connectivity index (χ0) is 14.2. The first kappa shape index (κ1) is 18.5. The molecule has 0 spiro atoms. The molecule has 0 fully saturated rings. The average Bonchev–Trinajstić information content (AvgIpc) is 2.46. The maximum Gasteiger partial charge on any atom is 0.0600 e. The lowest BCUT2D eigenvalue weighted by molar-refractivity contribution is 0.980. The summed E-state index contributed by atoms with van der Waals surface area (Å²) in [6.45, 7) is 11.8. The third-order valence-electron chi connectivity index (χ3n) is 1.40. The maximum absolute atomic E-state index is 3.92. The third-order valence-corrected chi connectivity index (χ3v) is 1.40. The lowest BCUT2D eigenvalue weighted by Gasteiger charge is -1.81. The fourth-order valence-corrected chi connectivity index (χ4v) is 0.752. The minimum Gasteiger partial charge on any atom is -0.261 e. The maximum atomic E-state index is 3.92. The molecule has 2 rings (SSSR count). The van der Waals surface area contributed by atoms with Crippen molar-refractivity contribution in [3.8, 4) is 0 Å². The van der Waals surface area contributed by atoms with Crippen LogP contribution in [-0.2, 0) is 0 Å². The predicted molar refractivity (Wildman–Crippen MR) is 76.2 cm³/mol. The van der Waals surface area contributed by atoms with Gasteiger partial charge >= 0.3 is 0 Å². The normalized spacial score (nSPS) is 7.44. The largest absolute Gasteiger partial charge is 0.261 e. The van der Waals surface area contributed by atoms with Crippen molar-refractivity contribution in [1.29, 1.82) is 0 Å². The van der Waals surface area contributed by atoms with Crippen molar-refractivity contribution >= 4 is 0 Å². The number of nitrogens with zero attached hydrogens (tertiary/aromatic N) is 4. The summed E-state index contributed by atoms with van der Waals surface area (Å²) in [5.41, 5.74) is 1.92. The van der Waals surface area contributed by atoms with Gasteiger partial charge < -0.3 is 0 Å². The van der Waals surface area contributed by atoms with Crippen LogP contribution in [0.15, 0.2) is 36.9 Å². The van der Waals surface area contributed by atoms with Gasteiger partial charge in [-0.05, 0) is 26.0 Å². The standard InChI is InChI=1S/2C5H6N2.2C2H6/c1-5-4-6-2-3-7-5;1-5-3-2-4-6-7-5;2*1-2/h2*2-4H,1H3;2*1-2H3. The second-order valence-electron chi connectivity index (χ2n) is 2.71. The molecule has 0 saturated heterocycles. The topological polar surface area (TPSA) is 51.6 Å². The summed E-state index contributed by atoms with van der Waals surface area (Å²) in [4.78, 5) is 7.74. The van der Waals surface area contributed by atoms with Gasteiger partial charge in [0.05, 0.1) is 11.4 Å². The molecule has 0 aliphatic carbocycles.